The molecule has 1 aromatic heterocycles. The number of aromatic nitrogens is 2. The monoisotopic (exact) mass is 288 g/mol. The zero-order chi connectivity index (χ0) is 14.5. The number of fused-ring (bicyclic) bond motifs is 1. The third-order valence-electron chi connectivity index (χ3n) is 4.19. The molecule has 5 heteroatoms. The lowest BCUT2D eigenvalue weighted by molar-refractivity contribution is 0.284. The molecule has 0 bridgehead atoms. The molecule has 1 aromatic carbocycles. The fraction of sp³-hybridized carbons (Fsp3) is 0.562. The van der Waals surface area contributed by atoms with Crippen LogP contribution < -0.4 is 5.32 Å². The molecule has 21 heavy (non-hydrogen) atoms. The van der Waals surface area contributed by atoms with Crippen molar-refractivity contribution < 1.29 is 5.11 Å². The fourth-order valence-corrected chi connectivity index (χ4v) is 3.01. The number of phenolic OH excluding ortho intramolecular Hbond substituents is 1. The van der Waals surface area contributed by atoms with Crippen LogP contribution in [-0.4, -0.2) is 46.4 Å². The molecule has 0 amide bonds. The zero-order valence-corrected chi connectivity index (χ0v) is 12.4. The van der Waals surface area contributed by atoms with E-state index in [2.05, 4.69) is 20.4 Å². The summed E-state index contributed by atoms with van der Waals surface area (Å²) in [4.78, 5) is 2.57. The largest absolute Gasteiger partial charge is 0.508 e. The molecule has 5 nitrogen and oxygen atoms in total. The van der Waals surface area contributed by atoms with E-state index in [1.165, 1.54) is 38.8 Å². The van der Waals surface area contributed by atoms with Crippen LogP contribution in [0, 0.1) is 0 Å². The Morgan fingerprint density at radius 2 is 2.00 bits per heavy atom. The van der Waals surface area contributed by atoms with Gasteiger partial charge in [0.05, 0.1) is 5.52 Å². The highest BCUT2D eigenvalue weighted by atomic mass is 16.3. The number of aromatic hydroxyl groups is 1. The van der Waals surface area contributed by atoms with Crippen molar-refractivity contribution in [2.45, 2.75) is 32.1 Å². The van der Waals surface area contributed by atoms with Crippen LogP contribution in [0.4, 0.5) is 5.82 Å². The summed E-state index contributed by atoms with van der Waals surface area (Å²) in [5.74, 6) is 1.10. The van der Waals surface area contributed by atoms with Crippen LogP contribution in [0.3, 0.4) is 0 Å². The molecule has 0 radical (unpaired) electrons. The van der Waals surface area contributed by atoms with Crippen molar-refractivity contribution in [1.82, 2.24) is 15.1 Å². The molecule has 1 saturated heterocycles. The first-order chi connectivity index (χ1) is 10.3. The quantitative estimate of drug-likeness (QED) is 0.740. The van der Waals surface area contributed by atoms with Gasteiger partial charge in [0, 0.05) is 11.9 Å². The Labute approximate surface area is 125 Å². The number of hydrogen-bond donors (Lipinski definition) is 3. The summed E-state index contributed by atoms with van der Waals surface area (Å²) in [6.07, 6.45) is 6.58. The number of aromatic amines is 1. The molecule has 2 aromatic rings. The number of nitrogens with one attached hydrogen (secondary N) is 2. The molecule has 0 spiro atoms. The van der Waals surface area contributed by atoms with Crippen molar-refractivity contribution >= 4 is 16.7 Å². The van der Waals surface area contributed by atoms with Gasteiger partial charge in [0.1, 0.15) is 5.75 Å². The lowest BCUT2D eigenvalue weighted by Crippen LogP contribution is -2.27. The minimum Gasteiger partial charge on any atom is -0.508 e. The van der Waals surface area contributed by atoms with E-state index in [1.54, 1.807) is 12.1 Å². The standard InChI is InChI=1S/C16H24N4O/c21-13-6-7-15-14(12-13)16(19-18-15)17-8-5-11-20-9-3-1-2-4-10-20/h6-7,12,21H,1-5,8-11H2,(H2,17,18,19). The molecule has 1 aliphatic rings. The molecule has 1 aliphatic heterocycles. The van der Waals surface area contributed by atoms with Gasteiger partial charge >= 0.3 is 0 Å². The minimum absolute atomic E-state index is 0.275. The fourth-order valence-electron chi connectivity index (χ4n) is 3.01. The van der Waals surface area contributed by atoms with Crippen LogP contribution in [0.1, 0.15) is 32.1 Å². The summed E-state index contributed by atoms with van der Waals surface area (Å²) in [6.45, 7) is 4.56. The molecular weight excluding hydrogens is 264 g/mol. The normalized spacial score (nSPS) is 17.0. The van der Waals surface area contributed by atoms with E-state index in [1.807, 2.05) is 6.07 Å². The maximum absolute atomic E-state index is 9.57. The Morgan fingerprint density at radius 1 is 1.19 bits per heavy atom. The van der Waals surface area contributed by atoms with E-state index in [9.17, 15) is 5.11 Å². The van der Waals surface area contributed by atoms with Gasteiger partial charge in [0.2, 0.25) is 0 Å². The predicted molar refractivity (Wildman–Crippen MR) is 85.8 cm³/mol. The van der Waals surface area contributed by atoms with Gasteiger partial charge in [-0.05, 0) is 57.1 Å². The van der Waals surface area contributed by atoms with Gasteiger partial charge in [-0.1, -0.05) is 12.8 Å². The summed E-state index contributed by atoms with van der Waals surface area (Å²) in [6, 6.07) is 5.26. The number of phenols is 1. The first-order valence-electron chi connectivity index (χ1n) is 7.96. The van der Waals surface area contributed by atoms with Gasteiger partial charge in [-0.25, -0.2) is 0 Å². The second-order valence-corrected chi connectivity index (χ2v) is 5.84. The van der Waals surface area contributed by atoms with Gasteiger partial charge in [-0.2, -0.15) is 5.10 Å². The smallest absolute Gasteiger partial charge is 0.155 e. The summed E-state index contributed by atoms with van der Waals surface area (Å²) in [7, 11) is 0. The molecule has 0 saturated carbocycles. The number of likely N-dealkylation sites (tertiary alicyclic amines) is 1. The van der Waals surface area contributed by atoms with Gasteiger partial charge in [-0.15, -0.1) is 0 Å². The maximum atomic E-state index is 9.57. The molecule has 1 fully saturated rings. The SMILES string of the molecule is Oc1ccc2[nH]nc(NCCCN3CCCCCC3)c2c1. The van der Waals surface area contributed by atoms with Crippen LogP contribution in [0.2, 0.25) is 0 Å². The number of hydrogen-bond acceptors (Lipinski definition) is 4. The van der Waals surface area contributed by atoms with E-state index in [4.69, 9.17) is 0 Å². The minimum atomic E-state index is 0.275. The Morgan fingerprint density at radius 3 is 2.81 bits per heavy atom. The third kappa shape index (κ3) is 3.67. The van der Waals surface area contributed by atoms with Gasteiger partial charge in [0.15, 0.2) is 5.82 Å². The van der Waals surface area contributed by atoms with Crippen LogP contribution in [0.25, 0.3) is 10.9 Å². The molecule has 0 unspecified atom stereocenters. The van der Waals surface area contributed by atoms with Crippen molar-refractivity contribution in [3.05, 3.63) is 18.2 Å². The van der Waals surface area contributed by atoms with Crippen molar-refractivity contribution in [2.75, 3.05) is 31.5 Å². The number of benzene rings is 1. The van der Waals surface area contributed by atoms with E-state index in [0.29, 0.717) is 0 Å². The van der Waals surface area contributed by atoms with E-state index >= 15 is 0 Å². The lowest BCUT2D eigenvalue weighted by atomic mass is 10.2. The van der Waals surface area contributed by atoms with Crippen molar-refractivity contribution in [3.63, 3.8) is 0 Å². The molecule has 3 rings (SSSR count). The Kier molecular flexibility index (Phi) is 4.60. The third-order valence-corrected chi connectivity index (χ3v) is 4.19. The van der Waals surface area contributed by atoms with Crippen LogP contribution in [0.5, 0.6) is 5.75 Å². The maximum Gasteiger partial charge on any atom is 0.155 e. The highest BCUT2D eigenvalue weighted by Gasteiger charge is 2.09. The second-order valence-electron chi connectivity index (χ2n) is 5.84. The Bertz CT molecular complexity index is 573. The van der Waals surface area contributed by atoms with Crippen molar-refractivity contribution in [1.29, 1.82) is 0 Å². The zero-order valence-electron chi connectivity index (χ0n) is 12.4. The number of rotatable bonds is 5. The summed E-state index contributed by atoms with van der Waals surface area (Å²) in [5.41, 5.74) is 0.947. The lowest BCUT2D eigenvalue weighted by Gasteiger charge is -2.19. The first-order valence-corrected chi connectivity index (χ1v) is 7.96. The molecule has 0 aliphatic carbocycles. The number of H-pyrrole nitrogens is 1. The average molecular weight is 288 g/mol. The summed E-state index contributed by atoms with van der Waals surface area (Å²) >= 11 is 0. The Balaban J connectivity index is 1.49. The van der Waals surface area contributed by atoms with E-state index < -0.39 is 0 Å². The van der Waals surface area contributed by atoms with Gasteiger partial charge in [-0.3, -0.25) is 5.10 Å². The van der Waals surface area contributed by atoms with E-state index in [0.717, 1.165) is 36.2 Å². The molecule has 2 heterocycles. The molecule has 0 atom stereocenters. The van der Waals surface area contributed by atoms with Crippen molar-refractivity contribution in [2.24, 2.45) is 0 Å². The summed E-state index contributed by atoms with van der Waals surface area (Å²) < 4.78 is 0. The van der Waals surface area contributed by atoms with Crippen LogP contribution in [-0.2, 0) is 0 Å². The van der Waals surface area contributed by atoms with Crippen LogP contribution in [0.15, 0.2) is 18.2 Å². The van der Waals surface area contributed by atoms with E-state index in [-0.39, 0.29) is 5.75 Å². The van der Waals surface area contributed by atoms with Gasteiger partial charge < -0.3 is 15.3 Å². The predicted octanol–water partition coefficient (Wildman–Crippen LogP) is 2.95. The first kappa shape index (κ1) is 14.2. The molecule has 3 N–H and O–H groups in total. The molecule has 114 valence electrons. The highest BCUT2D eigenvalue weighted by molar-refractivity contribution is 5.90. The summed E-state index contributed by atoms with van der Waals surface area (Å²) in [5, 5.41) is 21.1. The molecular formula is C16H24N4O. The van der Waals surface area contributed by atoms with Gasteiger partial charge in [0.25, 0.3) is 0 Å². The Hall–Kier alpha value is -1.75. The second kappa shape index (κ2) is 6.80. The number of nitrogens with zero attached hydrogens (tertiary/aromatic N) is 2. The highest BCUT2D eigenvalue weighted by Crippen LogP contribution is 2.24. The topological polar surface area (TPSA) is 64.2 Å². The van der Waals surface area contributed by atoms with Crippen LogP contribution >= 0.6 is 0 Å². The number of anilines is 1. The average Bonchev–Trinajstić information content (AvgIpc) is 2.71. The van der Waals surface area contributed by atoms with Crippen molar-refractivity contribution in [3.8, 4) is 5.75 Å².